The van der Waals surface area contributed by atoms with Crippen molar-refractivity contribution in [1.82, 2.24) is 0 Å². The van der Waals surface area contributed by atoms with Gasteiger partial charge >= 0.3 is 7.12 Å². The van der Waals surface area contributed by atoms with Gasteiger partial charge in [0.15, 0.2) is 0 Å². The molecule has 0 fully saturated rings. The second kappa shape index (κ2) is 13.2. The SMILES string of the molecule is CCCCCCCCc1ccc2c(c1CCCCCCCC)Cc1cc(B(O)O)ccc1-2. The van der Waals surface area contributed by atoms with E-state index in [2.05, 4.69) is 32.0 Å². The molecule has 3 rings (SSSR count). The molecule has 0 aromatic heterocycles. The van der Waals surface area contributed by atoms with E-state index in [0.717, 1.165) is 6.42 Å². The highest BCUT2D eigenvalue weighted by Crippen LogP contribution is 2.40. The maximum atomic E-state index is 9.61. The first-order valence-corrected chi connectivity index (χ1v) is 13.3. The molecule has 2 N–H and O–H groups in total. The average Bonchev–Trinajstić information content (AvgIpc) is 3.17. The Kier molecular flexibility index (Phi) is 10.3. The average molecular weight is 434 g/mol. The summed E-state index contributed by atoms with van der Waals surface area (Å²) >= 11 is 0. The molecule has 32 heavy (non-hydrogen) atoms. The summed E-state index contributed by atoms with van der Waals surface area (Å²) in [6, 6.07) is 10.6. The molecule has 0 spiro atoms. The van der Waals surface area contributed by atoms with E-state index in [-0.39, 0.29) is 0 Å². The van der Waals surface area contributed by atoms with Crippen molar-refractivity contribution in [3.63, 3.8) is 0 Å². The van der Waals surface area contributed by atoms with Crippen molar-refractivity contribution in [1.29, 1.82) is 0 Å². The topological polar surface area (TPSA) is 40.5 Å². The molecule has 3 heteroatoms. The van der Waals surface area contributed by atoms with Crippen LogP contribution in [0.1, 0.15) is 113 Å². The van der Waals surface area contributed by atoms with Crippen molar-refractivity contribution in [2.45, 2.75) is 110 Å². The fraction of sp³-hybridized carbons (Fsp3) is 0.586. The van der Waals surface area contributed by atoms with E-state index in [0.29, 0.717) is 5.46 Å². The molecule has 0 heterocycles. The monoisotopic (exact) mass is 434 g/mol. The van der Waals surface area contributed by atoms with Crippen molar-refractivity contribution in [3.05, 3.63) is 52.6 Å². The zero-order valence-electron chi connectivity index (χ0n) is 20.5. The molecule has 0 aliphatic heterocycles. The van der Waals surface area contributed by atoms with Crippen LogP contribution in [-0.4, -0.2) is 17.2 Å². The Labute approximate surface area is 196 Å². The van der Waals surface area contributed by atoms with Crippen molar-refractivity contribution >= 4 is 12.6 Å². The molecule has 0 saturated heterocycles. The minimum absolute atomic E-state index is 0.598. The second-order valence-electron chi connectivity index (χ2n) is 9.73. The molecule has 0 amide bonds. The quantitative estimate of drug-likeness (QED) is 0.205. The van der Waals surface area contributed by atoms with Gasteiger partial charge in [-0.2, -0.15) is 0 Å². The lowest BCUT2D eigenvalue weighted by Gasteiger charge is -2.15. The first kappa shape index (κ1) is 25.1. The third-order valence-corrected chi connectivity index (χ3v) is 7.19. The minimum atomic E-state index is -1.39. The highest BCUT2D eigenvalue weighted by Gasteiger charge is 2.24. The molecular weight excluding hydrogens is 391 g/mol. The molecule has 0 atom stereocenters. The van der Waals surface area contributed by atoms with Gasteiger partial charge < -0.3 is 10.0 Å². The van der Waals surface area contributed by atoms with E-state index in [1.807, 2.05) is 12.1 Å². The van der Waals surface area contributed by atoms with Gasteiger partial charge in [-0.1, -0.05) is 108 Å². The molecule has 174 valence electrons. The molecule has 2 aromatic rings. The van der Waals surface area contributed by atoms with Gasteiger partial charge in [0.25, 0.3) is 0 Å². The summed E-state index contributed by atoms with van der Waals surface area (Å²) in [6.07, 6.45) is 19.3. The lowest BCUT2D eigenvalue weighted by molar-refractivity contribution is 0.425. The fourth-order valence-electron chi connectivity index (χ4n) is 5.29. The standard InChI is InChI=1S/C29H43BO2/c1-3-5-7-9-11-13-15-23-17-19-28-27-20-18-25(30(31)32)21-24(27)22-29(28)26(23)16-14-12-10-8-6-4-2/h17-21,31-32H,3-16,22H2,1-2H3. The number of rotatable bonds is 15. The number of benzene rings is 2. The van der Waals surface area contributed by atoms with Crippen LogP contribution in [0.15, 0.2) is 30.3 Å². The third kappa shape index (κ3) is 6.72. The maximum Gasteiger partial charge on any atom is 0.488 e. The van der Waals surface area contributed by atoms with Crippen LogP contribution < -0.4 is 5.46 Å². The number of fused-ring (bicyclic) bond motifs is 3. The van der Waals surface area contributed by atoms with E-state index in [1.54, 1.807) is 11.1 Å². The fourth-order valence-corrected chi connectivity index (χ4v) is 5.29. The molecular formula is C29H43BO2. The first-order valence-electron chi connectivity index (χ1n) is 13.3. The predicted molar refractivity (Wildman–Crippen MR) is 139 cm³/mol. The first-order chi connectivity index (χ1) is 15.7. The molecule has 1 aliphatic carbocycles. The summed E-state index contributed by atoms with van der Waals surface area (Å²) in [6.45, 7) is 4.56. The normalized spacial score (nSPS) is 12.1. The molecule has 0 bridgehead atoms. The van der Waals surface area contributed by atoms with Gasteiger partial charge in [-0.15, -0.1) is 0 Å². The maximum absolute atomic E-state index is 9.61. The van der Waals surface area contributed by atoms with Crippen LogP contribution in [0.2, 0.25) is 0 Å². The Morgan fingerprint density at radius 2 is 1.28 bits per heavy atom. The van der Waals surface area contributed by atoms with Gasteiger partial charge in [-0.3, -0.25) is 0 Å². The van der Waals surface area contributed by atoms with Gasteiger partial charge in [0.2, 0.25) is 0 Å². The van der Waals surface area contributed by atoms with Crippen molar-refractivity contribution in [2.24, 2.45) is 0 Å². The van der Waals surface area contributed by atoms with E-state index >= 15 is 0 Å². The number of hydrogen-bond donors (Lipinski definition) is 2. The van der Waals surface area contributed by atoms with Crippen LogP contribution in [0.5, 0.6) is 0 Å². The number of unbranched alkanes of at least 4 members (excludes halogenated alkanes) is 10. The van der Waals surface area contributed by atoms with Gasteiger partial charge in [0, 0.05) is 0 Å². The Balaban J connectivity index is 1.73. The second-order valence-corrected chi connectivity index (χ2v) is 9.73. The molecule has 0 radical (unpaired) electrons. The molecule has 0 saturated carbocycles. The Hall–Kier alpha value is -1.58. The van der Waals surface area contributed by atoms with E-state index < -0.39 is 7.12 Å². The minimum Gasteiger partial charge on any atom is -0.423 e. The summed E-state index contributed by atoms with van der Waals surface area (Å²) in [5.74, 6) is 0. The lowest BCUT2D eigenvalue weighted by Crippen LogP contribution is -2.29. The Bertz CT molecular complexity index is 843. The van der Waals surface area contributed by atoms with Gasteiger partial charge in [0.05, 0.1) is 0 Å². The third-order valence-electron chi connectivity index (χ3n) is 7.19. The van der Waals surface area contributed by atoms with Crippen LogP contribution in [0.3, 0.4) is 0 Å². The van der Waals surface area contributed by atoms with Crippen molar-refractivity contribution < 1.29 is 10.0 Å². The van der Waals surface area contributed by atoms with Crippen LogP contribution >= 0.6 is 0 Å². The summed E-state index contributed by atoms with van der Waals surface area (Å²) < 4.78 is 0. The predicted octanol–water partition coefficient (Wildman–Crippen LogP) is 6.74. The van der Waals surface area contributed by atoms with Crippen molar-refractivity contribution in [2.75, 3.05) is 0 Å². The summed E-state index contributed by atoms with van der Waals surface area (Å²) in [5.41, 5.74) is 9.14. The van der Waals surface area contributed by atoms with Gasteiger partial charge in [-0.05, 0) is 70.9 Å². The van der Waals surface area contributed by atoms with E-state index in [9.17, 15) is 10.0 Å². The number of aryl methyl sites for hydroxylation is 1. The van der Waals surface area contributed by atoms with Gasteiger partial charge in [0.1, 0.15) is 0 Å². The Morgan fingerprint density at radius 1 is 0.688 bits per heavy atom. The number of hydrogen-bond acceptors (Lipinski definition) is 2. The highest BCUT2D eigenvalue weighted by molar-refractivity contribution is 6.58. The Morgan fingerprint density at radius 3 is 1.94 bits per heavy atom. The smallest absolute Gasteiger partial charge is 0.423 e. The highest BCUT2D eigenvalue weighted by atomic mass is 16.4. The largest absolute Gasteiger partial charge is 0.488 e. The summed E-state index contributed by atoms with van der Waals surface area (Å²) in [5, 5.41) is 19.2. The van der Waals surface area contributed by atoms with Crippen molar-refractivity contribution in [3.8, 4) is 11.1 Å². The summed E-state index contributed by atoms with van der Waals surface area (Å²) in [7, 11) is -1.39. The molecule has 1 aliphatic rings. The van der Waals surface area contributed by atoms with Crippen LogP contribution in [0.4, 0.5) is 0 Å². The van der Waals surface area contributed by atoms with Gasteiger partial charge in [-0.25, -0.2) is 0 Å². The van der Waals surface area contributed by atoms with Crippen LogP contribution in [0.25, 0.3) is 11.1 Å². The van der Waals surface area contributed by atoms with E-state index in [1.165, 1.54) is 112 Å². The van der Waals surface area contributed by atoms with E-state index in [4.69, 9.17) is 0 Å². The van der Waals surface area contributed by atoms with Crippen LogP contribution in [-0.2, 0) is 19.3 Å². The zero-order valence-corrected chi connectivity index (χ0v) is 20.5. The molecule has 0 unspecified atom stereocenters. The van der Waals surface area contributed by atoms with Crippen LogP contribution in [0, 0.1) is 0 Å². The lowest BCUT2D eigenvalue weighted by atomic mass is 9.79. The zero-order chi connectivity index (χ0) is 22.8. The molecule has 2 nitrogen and oxygen atoms in total. The molecule has 2 aromatic carbocycles. The summed E-state index contributed by atoms with van der Waals surface area (Å²) in [4.78, 5) is 0.